The SMILES string of the molecule is N#Cc1ccc(OCc2ccc(Cl)c(Cl)c2)c(Br)c1. The van der Waals surface area contributed by atoms with Crippen molar-refractivity contribution in [3.63, 3.8) is 0 Å². The third-order valence-electron chi connectivity index (χ3n) is 2.44. The summed E-state index contributed by atoms with van der Waals surface area (Å²) in [5.74, 6) is 0.671. The van der Waals surface area contributed by atoms with Crippen molar-refractivity contribution >= 4 is 39.1 Å². The lowest BCUT2D eigenvalue weighted by atomic mass is 10.2. The van der Waals surface area contributed by atoms with Crippen molar-refractivity contribution in [3.8, 4) is 11.8 Å². The van der Waals surface area contributed by atoms with Gasteiger partial charge in [-0.15, -0.1) is 0 Å². The molecular formula is C14H8BrCl2NO. The van der Waals surface area contributed by atoms with Crippen LogP contribution >= 0.6 is 39.1 Å². The van der Waals surface area contributed by atoms with Crippen molar-refractivity contribution in [2.45, 2.75) is 6.61 Å². The van der Waals surface area contributed by atoms with Gasteiger partial charge in [-0.2, -0.15) is 5.26 Å². The fourth-order valence-corrected chi connectivity index (χ4v) is 2.29. The second kappa shape index (κ2) is 6.29. The van der Waals surface area contributed by atoms with Crippen molar-refractivity contribution in [2.24, 2.45) is 0 Å². The summed E-state index contributed by atoms with van der Waals surface area (Å²) in [6, 6.07) is 12.6. The zero-order valence-corrected chi connectivity index (χ0v) is 12.8. The van der Waals surface area contributed by atoms with Crippen molar-refractivity contribution in [3.05, 3.63) is 62.0 Å². The molecule has 0 saturated heterocycles. The summed E-state index contributed by atoms with van der Waals surface area (Å²) in [5, 5.41) is 9.80. The summed E-state index contributed by atoms with van der Waals surface area (Å²) in [4.78, 5) is 0. The van der Waals surface area contributed by atoms with Gasteiger partial charge in [0.1, 0.15) is 12.4 Å². The molecular weight excluding hydrogens is 349 g/mol. The molecule has 0 aliphatic heterocycles. The van der Waals surface area contributed by atoms with Crippen LogP contribution in [0.2, 0.25) is 10.0 Å². The minimum atomic E-state index is 0.376. The average Bonchev–Trinajstić information content (AvgIpc) is 2.41. The van der Waals surface area contributed by atoms with Crippen LogP contribution in [-0.4, -0.2) is 0 Å². The first-order valence-corrected chi connectivity index (χ1v) is 6.91. The number of nitriles is 1. The monoisotopic (exact) mass is 355 g/mol. The van der Waals surface area contributed by atoms with Crippen LogP contribution in [0.25, 0.3) is 0 Å². The minimum Gasteiger partial charge on any atom is -0.488 e. The summed E-state index contributed by atoms with van der Waals surface area (Å²) in [6.07, 6.45) is 0. The molecule has 0 radical (unpaired) electrons. The third kappa shape index (κ3) is 3.63. The molecule has 0 spiro atoms. The molecule has 0 heterocycles. The Morgan fingerprint density at radius 3 is 2.53 bits per heavy atom. The molecule has 0 aliphatic carbocycles. The predicted molar refractivity (Wildman–Crippen MR) is 79.7 cm³/mol. The van der Waals surface area contributed by atoms with E-state index in [9.17, 15) is 0 Å². The molecule has 0 atom stereocenters. The van der Waals surface area contributed by atoms with Crippen molar-refractivity contribution in [2.75, 3.05) is 0 Å². The molecule has 0 N–H and O–H groups in total. The number of nitrogens with zero attached hydrogens (tertiary/aromatic N) is 1. The van der Waals surface area contributed by atoms with Gasteiger partial charge in [-0.05, 0) is 51.8 Å². The summed E-state index contributed by atoms with van der Waals surface area (Å²) in [6.45, 7) is 0.376. The highest BCUT2D eigenvalue weighted by atomic mass is 79.9. The Hall–Kier alpha value is -1.21. The third-order valence-corrected chi connectivity index (χ3v) is 3.80. The molecule has 0 fully saturated rings. The lowest BCUT2D eigenvalue weighted by Crippen LogP contribution is -1.96. The molecule has 2 aromatic rings. The van der Waals surface area contributed by atoms with Gasteiger partial charge >= 0.3 is 0 Å². The second-order valence-electron chi connectivity index (χ2n) is 3.79. The van der Waals surface area contributed by atoms with Crippen LogP contribution in [0.1, 0.15) is 11.1 Å². The highest BCUT2D eigenvalue weighted by Gasteiger charge is 2.04. The molecule has 96 valence electrons. The van der Waals surface area contributed by atoms with Crippen LogP contribution in [0.15, 0.2) is 40.9 Å². The zero-order chi connectivity index (χ0) is 13.8. The van der Waals surface area contributed by atoms with Crippen LogP contribution in [0.5, 0.6) is 5.75 Å². The number of ether oxygens (including phenoxy) is 1. The van der Waals surface area contributed by atoms with Crippen molar-refractivity contribution in [1.29, 1.82) is 5.26 Å². The van der Waals surface area contributed by atoms with Gasteiger partial charge in [0.05, 0.1) is 26.2 Å². The number of hydrogen-bond acceptors (Lipinski definition) is 2. The number of rotatable bonds is 3. The Balaban J connectivity index is 2.10. The van der Waals surface area contributed by atoms with E-state index in [1.54, 1.807) is 30.3 Å². The molecule has 0 aromatic heterocycles. The largest absolute Gasteiger partial charge is 0.488 e. The van der Waals surface area contributed by atoms with E-state index in [0.29, 0.717) is 28.0 Å². The summed E-state index contributed by atoms with van der Waals surface area (Å²) in [7, 11) is 0. The first kappa shape index (κ1) is 14.2. The second-order valence-corrected chi connectivity index (χ2v) is 5.46. The van der Waals surface area contributed by atoms with Crippen LogP contribution in [0.3, 0.4) is 0 Å². The average molecular weight is 357 g/mol. The van der Waals surface area contributed by atoms with Crippen molar-refractivity contribution < 1.29 is 4.74 Å². The van der Waals surface area contributed by atoms with E-state index in [1.807, 2.05) is 6.07 Å². The number of hydrogen-bond donors (Lipinski definition) is 0. The predicted octanol–water partition coefficient (Wildman–Crippen LogP) is 5.21. The van der Waals surface area contributed by atoms with Gasteiger partial charge in [0.15, 0.2) is 0 Å². The van der Waals surface area contributed by atoms with Crippen molar-refractivity contribution in [1.82, 2.24) is 0 Å². The molecule has 0 aliphatic rings. The van der Waals surface area contributed by atoms with E-state index in [1.165, 1.54) is 0 Å². The normalized spacial score (nSPS) is 10.0. The quantitative estimate of drug-likeness (QED) is 0.756. The van der Waals surface area contributed by atoms with Gasteiger partial charge in [-0.1, -0.05) is 29.3 Å². The van der Waals surface area contributed by atoms with Gasteiger partial charge in [0.25, 0.3) is 0 Å². The molecule has 19 heavy (non-hydrogen) atoms. The van der Waals surface area contributed by atoms with Gasteiger partial charge in [-0.3, -0.25) is 0 Å². The van der Waals surface area contributed by atoms with Gasteiger partial charge in [0.2, 0.25) is 0 Å². The highest BCUT2D eigenvalue weighted by Crippen LogP contribution is 2.28. The maximum Gasteiger partial charge on any atom is 0.134 e. The molecule has 2 aromatic carbocycles. The maximum absolute atomic E-state index is 8.78. The van der Waals surface area contributed by atoms with E-state index in [0.717, 1.165) is 10.0 Å². The smallest absolute Gasteiger partial charge is 0.134 e. The first-order chi connectivity index (χ1) is 9.10. The fraction of sp³-hybridized carbons (Fsp3) is 0.0714. The standard InChI is InChI=1S/C14H8BrCl2NO/c15-11-5-9(7-18)2-4-14(11)19-8-10-1-3-12(16)13(17)6-10/h1-6H,8H2. The zero-order valence-electron chi connectivity index (χ0n) is 9.66. The Kier molecular flexibility index (Phi) is 4.71. The molecule has 5 heteroatoms. The van der Waals surface area contributed by atoms with E-state index in [-0.39, 0.29) is 0 Å². The van der Waals surface area contributed by atoms with Gasteiger partial charge < -0.3 is 4.74 Å². The first-order valence-electron chi connectivity index (χ1n) is 5.36. The van der Waals surface area contributed by atoms with E-state index < -0.39 is 0 Å². The lowest BCUT2D eigenvalue weighted by molar-refractivity contribution is 0.304. The van der Waals surface area contributed by atoms with E-state index in [2.05, 4.69) is 22.0 Å². The van der Waals surface area contributed by atoms with Crippen LogP contribution in [0, 0.1) is 11.3 Å². The topological polar surface area (TPSA) is 33.0 Å². The van der Waals surface area contributed by atoms with Crippen LogP contribution < -0.4 is 4.74 Å². The van der Waals surface area contributed by atoms with Crippen LogP contribution in [-0.2, 0) is 6.61 Å². The molecule has 2 nitrogen and oxygen atoms in total. The molecule has 0 unspecified atom stereocenters. The van der Waals surface area contributed by atoms with Crippen LogP contribution in [0.4, 0.5) is 0 Å². The number of halogens is 3. The summed E-state index contributed by atoms with van der Waals surface area (Å²) < 4.78 is 6.40. The van der Waals surface area contributed by atoms with E-state index >= 15 is 0 Å². The lowest BCUT2D eigenvalue weighted by Gasteiger charge is -2.09. The summed E-state index contributed by atoms with van der Waals surface area (Å²) >= 11 is 15.1. The Morgan fingerprint density at radius 2 is 1.89 bits per heavy atom. The Bertz CT molecular complexity index is 652. The number of benzene rings is 2. The highest BCUT2D eigenvalue weighted by molar-refractivity contribution is 9.10. The maximum atomic E-state index is 8.78. The molecule has 2 rings (SSSR count). The van der Waals surface area contributed by atoms with Gasteiger partial charge in [0, 0.05) is 0 Å². The molecule has 0 saturated carbocycles. The van der Waals surface area contributed by atoms with E-state index in [4.69, 9.17) is 33.2 Å². The molecule has 0 bridgehead atoms. The fourth-order valence-electron chi connectivity index (χ4n) is 1.48. The van der Waals surface area contributed by atoms with Gasteiger partial charge in [-0.25, -0.2) is 0 Å². The molecule has 0 amide bonds. The minimum absolute atomic E-state index is 0.376. The summed E-state index contributed by atoms with van der Waals surface area (Å²) in [5.41, 5.74) is 1.50. The Morgan fingerprint density at radius 1 is 1.11 bits per heavy atom. The Labute approximate surface area is 129 Å².